The van der Waals surface area contributed by atoms with Crippen molar-refractivity contribution in [3.63, 3.8) is 0 Å². The molecule has 0 bridgehead atoms. The molecule has 0 atom stereocenters. The maximum atomic E-state index is 12.0. The topological polar surface area (TPSA) is 69.7 Å². The summed E-state index contributed by atoms with van der Waals surface area (Å²) in [5, 5.41) is 2.82. The monoisotopic (exact) mass is 281 g/mol. The lowest BCUT2D eigenvalue weighted by molar-refractivity contribution is -0.117. The summed E-state index contributed by atoms with van der Waals surface area (Å²) in [5.74, 6) is 0.134. The molecule has 19 heavy (non-hydrogen) atoms. The number of nitrogens with one attached hydrogen (secondary N) is 1. The number of hydrogen-bond acceptors (Lipinski definition) is 3. The first kappa shape index (κ1) is 12.3. The van der Waals surface area contributed by atoms with Crippen LogP contribution in [0.5, 0.6) is 0 Å². The molecule has 1 N–H and O–H groups in total. The van der Waals surface area contributed by atoms with Gasteiger partial charge < -0.3 is 5.32 Å². The van der Waals surface area contributed by atoms with Crippen molar-refractivity contribution in [3.8, 4) is 0 Å². The number of carbonyl (C=O) groups excluding carboxylic acids is 1. The van der Waals surface area contributed by atoms with E-state index >= 15 is 0 Å². The lowest BCUT2D eigenvalue weighted by Gasteiger charge is -2.13. The molecule has 0 spiro atoms. The summed E-state index contributed by atoms with van der Waals surface area (Å²) in [6.07, 6.45) is 1.88. The first-order valence-electron chi connectivity index (χ1n) is 6.09. The van der Waals surface area contributed by atoms with E-state index in [0.29, 0.717) is 17.1 Å². The standard InChI is InChI=1S/C12H15N3O3S/c1-14-10-6-5-9(13-12(16)8-3-4-8)7-11(10)15(2)19(14,17)18/h5-8H,3-4H2,1-2H3,(H,13,16). The molecular weight excluding hydrogens is 266 g/mol. The van der Waals surface area contributed by atoms with E-state index < -0.39 is 10.2 Å². The minimum absolute atomic E-state index is 0.0109. The van der Waals surface area contributed by atoms with Gasteiger partial charge in [-0.3, -0.25) is 13.4 Å². The summed E-state index contributed by atoms with van der Waals surface area (Å²) in [4.78, 5) is 11.7. The number of rotatable bonds is 2. The predicted octanol–water partition coefficient (Wildman–Crippen LogP) is 1.17. The van der Waals surface area contributed by atoms with Gasteiger partial charge in [-0.2, -0.15) is 8.42 Å². The van der Waals surface area contributed by atoms with Crippen LogP contribution in [0, 0.1) is 5.92 Å². The summed E-state index contributed by atoms with van der Waals surface area (Å²) >= 11 is 0. The Labute approximate surface area is 112 Å². The molecule has 1 fully saturated rings. The first-order chi connectivity index (χ1) is 8.91. The molecule has 6 nitrogen and oxygen atoms in total. The quantitative estimate of drug-likeness (QED) is 0.884. The summed E-state index contributed by atoms with van der Waals surface area (Å²) in [7, 11) is -0.440. The van der Waals surface area contributed by atoms with Gasteiger partial charge in [-0.05, 0) is 31.0 Å². The molecule has 0 aromatic heterocycles. The van der Waals surface area contributed by atoms with Crippen LogP contribution in [0.3, 0.4) is 0 Å². The number of anilines is 3. The van der Waals surface area contributed by atoms with E-state index in [9.17, 15) is 13.2 Å². The summed E-state index contributed by atoms with van der Waals surface area (Å²) in [6, 6.07) is 5.12. The normalized spacial score (nSPS) is 20.3. The van der Waals surface area contributed by atoms with Gasteiger partial charge in [0.25, 0.3) is 0 Å². The lowest BCUT2D eigenvalue weighted by Crippen LogP contribution is -2.32. The Morgan fingerprint density at radius 2 is 1.84 bits per heavy atom. The fourth-order valence-electron chi connectivity index (χ4n) is 2.14. The van der Waals surface area contributed by atoms with Gasteiger partial charge in [-0.15, -0.1) is 0 Å². The van der Waals surface area contributed by atoms with Gasteiger partial charge in [0.2, 0.25) is 5.91 Å². The fourth-order valence-corrected chi connectivity index (χ4v) is 3.31. The predicted molar refractivity (Wildman–Crippen MR) is 73.5 cm³/mol. The molecule has 7 heteroatoms. The van der Waals surface area contributed by atoms with Gasteiger partial charge >= 0.3 is 10.2 Å². The average Bonchev–Trinajstić information content (AvgIpc) is 3.18. The van der Waals surface area contributed by atoms with Crippen molar-refractivity contribution < 1.29 is 13.2 Å². The molecule has 1 aromatic rings. The molecule has 0 saturated heterocycles. The van der Waals surface area contributed by atoms with Crippen molar-refractivity contribution in [3.05, 3.63) is 18.2 Å². The number of nitrogens with zero attached hydrogens (tertiary/aromatic N) is 2. The zero-order valence-corrected chi connectivity index (χ0v) is 11.6. The van der Waals surface area contributed by atoms with E-state index in [1.807, 2.05) is 0 Å². The van der Waals surface area contributed by atoms with E-state index in [1.165, 1.54) is 22.7 Å². The highest BCUT2D eigenvalue weighted by Gasteiger charge is 2.36. The maximum Gasteiger partial charge on any atom is 0.326 e. The second kappa shape index (κ2) is 3.86. The van der Waals surface area contributed by atoms with Crippen LogP contribution in [-0.4, -0.2) is 28.4 Å². The van der Waals surface area contributed by atoms with Gasteiger partial charge in [0.1, 0.15) is 0 Å². The molecule has 1 aliphatic carbocycles. The van der Waals surface area contributed by atoms with Crippen LogP contribution in [-0.2, 0) is 15.0 Å². The summed E-state index contributed by atoms with van der Waals surface area (Å²) in [6.45, 7) is 0. The van der Waals surface area contributed by atoms with Crippen LogP contribution in [0.4, 0.5) is 17.1 Å². The second-order valence-corrected chi connectivity index (χ2v) is 6.90. The second-order valence-electron chi connectivity index (χ2n) is 4.91. The Morgan fingerprint density at radius 1 is 1.21 bits per heavy atom. The molecule has 1 amide bonds. The van der Waals surface area contributed by atoms with Crippen molar-refractivity contribution in [2.75, 3.05) is 28.0 Å². The van der Waals surface area contributed by atoms with E-state index in [0.717, 1.165) is 12.8 Å². The van der Waals surface area contributed by atoms with Crippen molar-refractivity contribution in [1.82, 2.24) is 0 Å². The van der Waals surface area contributed by atoms with Crippen LogP contribution in [0.15, 0.2) is 18.2 Å². The summed E-state index contributed by atoms with van der Waals surface area (Å²) < 4.78 is 26.4. The highest BCUT2D eigenvalue weighted by atomic mass is 32.2. The number of amides is 1. The molecular formula is C12H15N3O3S. The van der Waals surface area contributed by atoms with Crippen LogP contribution in [0.2, 0.25) is 0 Å². The third-order valence-electron chi connectivity index (χ3n) is 3.56. The zero-order chi connectivity index (χ0) is 13.8. The Kier molecular flexibility index (Phi) is 2.50. The number of benzene rings is 1. The zero-order valence-electron chi connectivity index (χ0n) is 10.8. The van der Waals surface area contributed by atoms with E-state index in [4.69, 9.17) is 0 Å². The fraction of sp³-hybridized carbons (Fsp3) is 0.417. The van der Waals surface area contributed by atoms with Crippen LogP contribution >= 0.6 is 0 Å². The molecule has 1 aromatic carbocycles. The molecule has 3 rings (SSSR count). The maximum absolute atomic E-state index is 12.0. The SMILES string of the molecule is CN1c2ccc(NC(=O)C3CC3)cc2N(C)S1(=O)=O. The van der Waals surface area contributed by atoms with Crippen molar-refractivity contribution >= 4 is 33.2 Å². The van der Waals surface area contributed by atoms with Crippen molar-refractivity contribution in [2.45, 2.75) is 12.8 Å². The highest BCUT2D eigenvalue weighted by molar-refractivity contribution is 7.94. The van der Waals surface area contributed by atoms with E-state index in [1.54, 1.807) is 18.2 Å². The lowest BCUT2D eigenvalue weighted by atomic mass is 10.2. The molecule has 102 valence electrons. The minimum atomic E-state index is -3.46. The average molecular weight is 281 g/mol. The van der Waals surface area contributed by atoms with Crippen molar-refractivity contribution in [2.24, 2.45) is 5.92 Å². The van der Waals surface area contributed by atoms with Gasteiger partial charge in [0.05, 0.1) is 11.4 Å². The number of hydrogen-bond donors (Lipinski definition) is 1. The third kappa shape index (κ3) is 1.85. The van der Waals surface area contributed by atoms with E-state index in [2.05, 4.69) is 5.32 Å². The minimum Gasteiger partial charge on any atom is -0.326 e. The van der Waals surface area contributed by atoms with Gasteiger partial charge in [0, 0.05) is 25.7 Å². The molecule has 0 radical (unpaired) electrons. The molecule has 1 saturated carbocycles. The van der Waals surface area contributed by atoms with Crippen LogP contribution in [0.25, 0.3) is 0 Å². The van der Waals surface area contributed by atoms with Crippen LogP contribution < -0.4 is 13.9 Å². The molecule has 0 unspecified atom stereocenters. The Hall–Kier alpha value is -1.76. The van der Waals surface area contributed by atoms with Gasteiger partial charge in [-0.25, -0.2) is 0 Å². The molecule has 1 aliphatic heterocycles. The Bertz CT molecular complexity index is 652. The van der Waals surface area contributed by atoms with Gasteiger partial charge in [0.15, 0.2) is 0 Å². The number of carbonyl (C=O) groups is 1. The highest BCUT2D eigenvalue weighted by Crippen LogP contribution is 2.40. The molecule has 1 heterocycles. The third-order valence-corrected chi connectivity index (χ3v) is 5.34. The van der Waals surface area contributed by atoms with Crippen LogP contribution in [0.1, 0.15) is 12.8 Å². The molecule has 2 aliphatic rings. The first-order valence-corrected chi connectivity index (χ1v) is 7.48. The van der Waals surface area contributed by atoms with Crippen molar-refractivity contribution in [1.29, 1.82) is 0 Å². The van der Waals surface area contributed by atoms with E-state index in [-0.39, 0.29) is 11.8 Å². The Balaban J connectivity index is 1.93. The smallest absolute Gasteiger partial charge is 0.326 e. The summed E-state index contributed by atoms with van der Waals surface area (Å²) in [5.41, 5.74) is 1.83. The largest absolute Gasteiger partial charge is 0.326 e. The number of fused-ring (bicyclic) bond motifs is 1. The Morgan fingerprint density at radius 3 is 2.47 bits per heavy atom. The van der Waals surface area contributed by atoms with Gasteiger partial charge in [-0.1, -0.05) is 0 Å².